The van der Waals surface area contributed by atoms with Crippen molar-refractivity contribution in [3.8, 4) is 0 Å². The normalized spacial score (nSPS) is 30.3. The molecule has 2 heterocycles. The highest BCUT2D eigenvalue weighted by atomic mass is 15.2. The van der Waals surface area contributed by atoms with Crippen LogP contribution < -0.4 is 5.32 Å². The molecule has 1 fully saturated rings. The lowest BCUT2D eigenvalue weighted by molar-refractivity contribution is 0.0718. The van der Waals surface area contributed by atoms with Crippen molar-refractivity contribution in [2.24, 2.45) is 11.3 Å². The van der Waals surface area contributed by atoms with Crippen LogP contribution in [0.2, 0.25) is 0 Å². The van der Waals surface area contributed by atoms with E-state index in [1.54, 1.807) is 0 Å². The molecule has 0 amide bonds. The molecule has 1 aliphatic carbocycles. The van der Waals surface area contributed by atoms with E-state index in [-0.39, 0.29) is 0 Å². The number of nitrogens with one attached hydrogen (secondary N) is 1. The first kappa shape index (κ1) is 15.0. The molecule has 1 saturated carbocycles. The molecule has 0 unspecified atom stereocenters. The molecule has 0 bridgehead atoms. The van der Waals surface area contributed by atoms with Gasteiger partial charge in [0.05, 0.1) is 6.54 Å². The van der Waals surface area contributed by atoms with Gasteiger partial charge < -0.3 is 9.88 Å². The Morgan fingerprint density at radius 1 is 1.33 bits per heavy atom. The zero-order valence-corrected chi connectivity index (χ0v) is 13.6. The second-order valence-corrected chi connectivity index (χ2v) is 7.21. The van der Waals surface area contributed by atoms with E-state index in [1.807, 2.05) is 6.20 Å². The third-order valence-corrected chi connectivity index (χ3v) is 5.47. The largest absolute Gasteiger partial charge is 0.333 e. The molecule has 1 N–H and O–H groups in total. The van der Waals surface area contributed by atoms with Crippen LogP contribution in [0.4, 0.5) is 0 Å². The minimum Gasteiger partial charge on any atom is -0.333 e. The highest BCUT2D eigenvalue weighted by Crippen LogP contribution is 2.39. The summed E-state index contributed by atoms with van der Waals surface area (Å²) in [7, 11) is 0. The predicted octanol–water partition coefficient (Wildman–Crippen LogP) is 2.50. The molecule has 1 aliphatic heterocycles. The summed E-state index contributed by atoms with van der Waals surface area (Å²) >= 11 is 0. The average molecular weight is 290 g/mol. The van der Waals surface area contributed by atoms with Crippen LogP contribution in [-0.2, 0) is 13.1 Å². The van der Waals surface area contributed by atoms with Crippen molar-refractivity contribution in [2.75, 3.05) is 26.2 Å². The molecule has 21 heavy (non-hydrogen) atoms. The molecule has 0 atom stereocenters. The molecule has 1 aromatic heterocycles. The smallest absolute Gasteiger partial charge is 0.122 e. The molecule has 118 valence electrons. The fourth-order valence-electron chi connectivity index (χ4n) is 3.99. The van der Waals surface area contributed by atoms with Crippen molar-refractivity contribution in [2.45, 2.75) is 52.6 Å². The van der Waals surface area contributed by atoms with Crippen LogP contribution in [-0.4, -0.2) is 40.6 Å². The fourth-order valence-corrected chi connectivity index (χ4v) is 3.99. The van der Waals surface area contributed by atoms with Crippen LogP contribution in [0.1, 0.15) is 45.4 Å². The molecule has 3 rings (SSSR count). The minimum atomic E-state index is 0.483. The maximum atomic E-state index is 4.50. The summed E-state index contributed by atoms with van der Waals surface area (Å²) in [5.41, 5.74) is 0.483. The van der Waals surface area contributed by atoms with Gasteiger partial charge in [0.1, 0.15) is 5.82 Å². The van der Waals surface area contributed by atoms with Gasteiger partial charge in [-0.3, -0.25) is 4.90 Å². The van der Waals surface area contributed by atoms with Crippen molar-refractivity contribution in [1.29, 1.82) is 0 Å². The first-order valence-electron chi connectivity index (χ1n) is 8.64. The molecule has 4 heteroatoms. The number of hydrogen-bond acceptors (Lipinski definition) is 3. The number of hydrogen-bond donors (Lipinski definition) is 1. The van der Waals surface area contributed by atoms with Crippen LogP contribution in [0.5, 0.6) is 0 Å². The van der Waals surface area contributed by atoms with Crippen LogP contribution >= 0.6 is 0 Å². The quantitative estimate of drug-likeness (QED) is 0.904. The topological polar surface area (TPSA) is 33.1 Å². The number of aromatic nitrogens is 2. The third-order valence-electron chi connectivity index (χ3n) is 5.47. The zero-order valence-electron chi connectivity index (χ0n) is 13.6. The Labute approximate surface area is 128 Å². The van der Waals surface area contributed by atoms with Crippen molar-refractivity contribution in [1.82, 2.24) is 19.8 Å². The Hall–Kier alpha value is -0.870. The Balaban J connectivity index is 1.64. The number of rotatable bonds is 5. The Bertz CT molecular complexity index is 440. The Kier molecular flexibility index (Phi) is 4.65. The minimum absolute atomic E-state index is 0.483. The molecular weight excluding hydrogens is 260 g/mol. The maximum Gasteiger partial charge on any atom is 0.122 e. The number of fused-ring (bicyclic) bond motifs is 1. The van der Waals surface area contributed by atoms with Crippen molar-refractivity contribution in [3.05, 3.63) is 18.2 Å². The second-order valence-electron chi connectivity index (χ2n) is 7.21. The lowest BCUT2D eigenvalue weighted by atomic mass is 9.70. The van der Waals surface area contributed by atoms with Gasteiger partial charge in [-0.05, 0) is 30.7 Å². The molecule has 2 aliphatic rings. The van der Waals surface area contributed by atoms with Gasteiger partial charge in [-0.15, -0.1) is 0 Å². The predicted molar refractivity (Wildman–Crippen MR) is 86.1 cm³/mol. The highest BCUT2D eigenvalue weighted by molar-refractivity contribution is 4.97. The van der Waals surface area contributed by atoms with Gasteiger partial charge in [-0.2, -0.15) is 0 Å². The lowest BCUT2D eigenvalue weighted by Gasteiger charge is -2.44. The summed E-state index contributed by atoms with van der Waals surface area (Å²) in [6.45, 7) is 11.4. The van der Waals surface area contributed by atoms with E-state index in [9.17, 15) is 0 Å². The van der Waals surface area contributed by atoms with Gasteiger partial charge in [-0.1, -0.05) is 26.7 Å². The summed E-state index contributed by atoms with van der Waals surface area (Å²) < 4.78 is 2.30. The van der Waals surface area contributed by atoms with Crippen LogP contribution in [0.15, 0.2) is 12.4 Å². The fraction of sp³-hybridized carbons (Fsp3) is 0.824. The highest BCUT2D eigenvalue weighted by Gasteiger charge is 2.36. The zero-order chi connectivity index (χ0) is 14.7. The van der Waals surface area contributed by atoms with Gasteiger partial charge in [0, 0.05) is 38.6 Å². The lowest BCUT2D eigenvalue weighted by Crippen LogP contribution is -2.48. The van der Waals surface area contributed by atoms with Crippen molar-refractivity contribution in [3.63, 3.8) is 0 Å². The SMILES string of the molecule is CCNCC1(CN2CCn3ccnc3C2)CCC(C)CC1. The molecule has 0 radical (unpaired) electrons. The van der Waals surface area contributed by atoms with Crippen LogP contribution in [0.3, 0.4) is 0 Å². The van der Waals surface area contributed by atoms with E-state index in [1.165, 1.54) is 51.1 Å². The van der Waals surface area contributed by atoms with E-state index in [2.05, 4.69) is 39.8 Å². The van der Waals surface area contributed by atoms with Gasteiger partial charge in [-0.25, -0.2) is 4.98 Å². The summed E-state index contributed by atoms with van der Waals surface area (Å²) in [5.74, 6) is 2.16. The molecule has 0 saturated heterocycles. The summed E-state index contributed by atoms with van der Waals surface area (Å²) in [4.78, 5) is 7.14. The first-order valence-corrected chi connectivity index (χ1v) is 8.64. The molecule has 0 aromatic carbocycles. The standard InChI is InChI=1S/C17H30N4/c1-3-18-13-17(6-4-15(2)5-7-17)14-20-10-11-21-9-8-19-16(21)12-20/h8-9,15,18H,3-7,10-14H2,1-2H3. The van der Waals surface area contributed by atoms with Gasteiger partial charge >= 0.3 is 0 Å². The van der Waals surface area contributed by atoms with Crippen molar-refractivity contribution >= 4 is 0 Å². The van der Waals surface area contributed by atoms with E-state index < -0.39 is 0 Å². The van der Waals surface area contributed by atoms with E-state index in [4.69, 9.17) is 0 Å². The van der Waals surface area contributed by atoms with Gasteiger partial charge in [0.2, 0.25) is 0 Å². The summed E-state index contributed by atoms with van der Waals surface area (Å²) in [5, 5.41) is 3.63. The number of nitrogens with zero attached hydrogens (tertiary/aromatic N) is 3. The van der Waals surface area contributed by atoms with Gasteiger partial charge in [0.15, 0.2) is 0 Å². The molecular formula is C17H30N4. The second kappa shape index (κ2) is 6.49. The average Bonchev–Trinajstić information content (AvgIpc) is 2.96. The van der Waals surface area contributed by atoms with Crippen molar-refractivity contribution < 1.29 is 0 Å². The van der Waals surface area contributed by atoms with E-state index in [0.717, 1.165) is 25.6 Å². The molecule has 4 nitrogen and oxygen atoms in total. The van der Waals surface area contributed by atoms with Gasteiger partial charge in [0.25, 0.3) is 0 Å². The Morgan fingerprint density at radius 2 is 2.14 bits per heavy atom. The van der Waals surface area contributed by atoms with E-state index in [0.29, 0.717) is 5.41 Å². The number of imidazole rings is 1. The maximum absolute atomic E-state index is 4.50. The Morgan fingerprint density at radius 3 is 2.90 bits per heavy atom. The first-order chi connectivity index (χ1) is 10.2. The molecule has 0 spiro atoms. The van der Waals surface area contributed by atoms with Crippen LogP contribution in [0.25, 0.3) is 0 Å². The molecule has 1 aromatic rings. The summed E-state index contributed by atoms with van der Waals surface area (Å²) in [6.07, 6.45) is 9.61. The van der Waals surface area contributed by atoms with Crippen LogP contribution in [0, 0.1) is 11.3 Å². The monoisotopic (exact) mass is 290 g/mol. The van der Waals surface area contributed by atoms with E-state index >= 15 is 0 Å². The summed E-state index contributed by atoms with van der Waals surface area (Å²) in [6, 6.07) is 0. The third kappa shape index (κ3) is 3.49.